The van der Waals surface area contributed by atoms with Gasteiger partial charge in [0.25, 0.3) is 17.3 Å². The molecule has 186 valence electrons. The number of allylic oxidation sites excluding steroid dienone is 1. The third kappa shape index (κ3) is 4.92. The first-order chi connectivity index (χ1) is 17.8. The van der Waals surface area contributed by atoms with Crippen LogP contribution < -0.4 is 0 Å². The number of nitrogens with zero attached hydrogens (tertiary/aromatic N) is 4. The zero-order chi connectivity index (χ0) is 26.1. The SMILES string of the molecule is O=C(c1ccc(Br)cc1)N1N=C2/C(=C/c3ccc([N+](=O)[O-])cc3)CCCC2C1c1ccc([N+](=O)[O-])cc1. The van der Waals surface area contributed by atoms with Gasteiger partial charge in [-0.2, -0.15) is 5.10 Å². The van der Waals surface area contributed by atoms with Gasteiger partial charge in [-0.05, 0) is 78.4 Å². The lowest BCUT2D eigenvalue weighted by Crippen LogP contribution is -2.31. The number of nitro benzene ring substituents is 2. The second kappa shape index (κ2) is 10.1. The molecule has 9 nitrogen and oxygen atoms in total. The molecule has 2 atom stereocenters. The fourth-order valence-corrected chi connectivity index (χ4v) is 5.18. The molecule has 3 aromatic carbocycles. The second-order valence-corrected chi connectivity index (χ2v) is 9.87. The predicted molar refractivity (Wildman–Crippen MR) is 142 cm³/mol. The minimum atomic E-state index is -0.448. The number of amides is 1. The number of carbonyl (C=O) groups excluding carboxylic acids is 1. The van der Waals surface area contributed by atoms with Crippen LogP contribution in [0.1, 0.15) is 46.8 Å². The number of carbonyl (C=O) groups is 1. The van der Waals surface area contributed by atoms with Crippen molar-refractivity contribution in [2.75, 3.05) is 0 Å². The quantitative estimate of drug-likeness (QED) is 0.254. The highest BCUT2D eigenvalue weighted by Gasteiger charge is 2.44. The van der Waals surface area contributed by atoms with Crippen LogP contribution >= 0.6 is 15.9 Å². The van der Waals surface area contributed by atoms with Gasteiger partial charge < -0.3 is 0 Å². The van der Waals surface area contributed by atoms with E-state index in [0.717, 1.165) is 46.1 Å². The summed E-state index contributed by atoms with van der Waals surface area (Å²) in [5, 5.41) is 28.5. The van der Waals surface area contributed by atoms with Crippen LogP contribution in [0.2, 0.25) is 0 Å². The molecule has 0 radical (unpaired) electrons. The summed E-state index contributed by atoms with van der Waals surface area (Å²) in [4.78, 5) is 35.0. The van der Waals surface area contributed by atoms with Crippen molar-refractivity contribution >= 4 is 45.0 Å². The number of hydrogen-bond donors (Lipinski definition) is 0. The van der Waals surface area contributed by atoms with Crippen molar-refractivity contribution in [2.45, 2.75) is 25.3 Å². The normalized spacial score (nSPS) is 19.9. The van der Waals surface area contributed by atoms with Crippen LogP contribution in [-0.2, 0) is 0 Å². The van der Waals surface area contributed by atoms with E-state index in [1.165, 1.54) is 29.3 Å². The Balaban J connectivity index is 1.55. The van der Waals surface area contributed by atoms with E-state index in [2.05, 4.69) is 15.9 Å². The lowest BCUT2D eigenvalue weighted by atomic mass is 9.77. The number of non-ortho nitro benzene ring substituents is 2. The van der Waals surface area contributed by atoms with Crippen molar-refractivity contribution in [3.05, 3.63) is 120 Å². The molecule has 1 heterocycles. The summed E-state index contributed by atoms with van der Waals surface area (Å²) in [7, 11) is 0. The van der Waals surface area contributed by atoms with Crippen molar-refractivity contribution in [3.63, 3.8) is 0 Å². The zero-order valence-corrected chi connectivity index (χ0v) is 21.1. The summed E-state index contributed by atoms with van der Waals surface area (Å²) in [5.74, 6) is -0.341. The van der Waals surface area contributed by atoms with E-state index < -0.39 is 15.9 Å². The van der Waals surface area contributed by atoms with Crippen molar-refractivity contribution in [3.8, 4) is 0 Å². The number of rotatable bonds is 5. The molecule has 37 heavy (non-hydrogen) atoms. The van der Waals surface area contributed by atoms with Crippen molar-refractivity contribution in [1.82, 2.24) is 5.01 Å². The van der Waals surface area contributed by atoms with Crippen LogP contribution in [0.4, 0.5) is 11.4 Å². The first kappa shape index (κ1) is 24.5. The van der Waals surface area contributed by atoms with Gasteiger partial charge in [0.05, 0.1) is 21.6 Å². The molecule has 1 aliphatic carbocycles. The number of hydrogen-bond acceptors (Lipinski definition) is 6. The van der Waals surface area contributed by atoms with E-state index in [9.17, 15) is 25.0 Å². The summed E-state index contributed by atoms with van der Waals surface area (Å²) in [6.07, 6.45) is 4.42. The summed E-state index contributed by atoms with van der Waals surface area (Å²) < 4.78 is 0.852. The molecular formula is C27H21BrN4O5. The lowest BCUT2D eigenvalue weighted by Gasteiger charge is -2.29. The number of fused-ring (bicyclic) bond motifs is 1. The molecule has 0 N–H and O–H groups in total. The van der Waals surface area contributed by atoms with Gasteiger partial charge in [0, 0.05) is 40.2 Å². The number of nitro groups is 2. The van der Waals surface area contributed by atoms with Crippen LogP contribution in [0, 0.1) is 26.1 Å². The highest BCUT2D eigenvalue weighted by Crippen LogP contribution is 2.45. The topological polar surface area (TPSA) is 119 Å². The summed E-state index contributed by atoms with van der Waals surface area (Å²) >= 11 is 3.39. The first-order valence-corrected chi connectivity index (χ1v) is 12.5. The molecule has 1 fully saturated rings. The Kier molecular flexibility index (Phi) is 6.66. The lowest BCUT2D eigenvalue weighted by molar-refractivity contribution is -0.385. The minimum absolute atomic E-state index is 0.0175. The Hall–Kier alpha value is -4.18. The molecule has 10 heteroatoms. The third-order valence-electron chi connectivity index (χ3n) is 6.69. The van der Waals surface area contributed by atoms with Crippen LogP contribution in [0.15, 0.2) is 87.9 Å². The Morgan fingerprint density at radius 2 is 1.51 bits per heavy atom. The molecule has 1 aliphatic heterocycles. The standard InChI is InChI=1S/C27H21BrN4O5/c28-21-10-6-19(7-11-21)27(33)30-26(18-8-14-23(15-9-18)32(36)37)24-3-1-2-20(25(24)29-30)16-17-4-12-22(13-5-17)31(34)35/h4-16,24,26H,1-3H2/b20-16+. The van der Waals surface area contributed by atoms with Crippen molar-refractivity contribution in [2.24, 2.45) is 11.0 Å². The second-order valence-electron chi connectivity index (χ2n) is 8.95. The molecule has 2 unspecified atom stereocenters. The van der Waals surface area contributed by atoms with Crippen LogP contribution in [0.5, 0.6) is 0 Å². The Bertz CT molecular complexity index is 1430. The van der Waals surface area contributed by atoms with E-state index in [1.54, 1.807) is 48.5 Å². The predicted octanol–water partition coefficient (Wildman–Crippen LogP) is 6.70. The Labute approximate surface area is 220 Å². The minimum Gasteiger partial charge on any atom is -0.267 e. The van der Waals surface area contributed by atoms with Gasteiger partial charge >= 0.3 is 0 Å². The molecule has 2 aliphatic rings. The molecule has 1 amide bonds. The van der Waals surface area contributed by atoms with Gasteiger partial charge in [-0.1, -0.05) is 28.1 Å². The van der Waals surface area contributed by atoms with Crippen LogP contribution in [0.25, 0.3) is 6.08 Å². The smallest absolute Gasteiger partial charge is 0.267 e. The van der Waals surface area contributed by atoms with Gasteiger partial charge in [-0.3, -0.25) is 25.0 Å². The molecule has 0 spiro atoms. The fraction of sp³-hybridized carbons (Fsp3) is 0.185. The maximum absolute atomic E-state index is 13.6. The molecule has 0 bridgehead atoms. The average Bonchev–Trinajstić information content (AvgIpc) is 3.30. The van der Waals surface area contributed by atoms with E-state index in [1.807, 2.05) is 6.08 Å². The van der Waals surface area contributed by atoms with Gasteiger partial charge in [0.2, 0.25) is 0 Å². The molecular weight excluding hydrogens is 540 g/mol. The molecule has 5 rings (SSSR count). The largest absolute Gasteiger partial charge is 0.274 e. The van der Waals surface area contributed by atoms with E-state index in [0.29, 0.717) is 5.56 Å². The van der Waals surface area contributed by atoms with E-state index in [-0.39, 0.29) is 23.2 Å². The molecule has 0 aromatic heterocycles. The van der Waals surface area contributed by atoms with Gasteiger partial charge in [-0.15, -0.1) is 0 Å². The fourth-order valence-electron chi connectivity index (χ4n) is 4.91. The Morgan fingerprint density at radius 3 is 2.11 bits per heavy atom. The maximum Gasteiger partial charge on any atom is 0.274 e. The Morgan fingerprint density at radius 1 is 0.919 bits per heavy atom. The first-order valence-electron chi connectivity index (χ1n) is 11.7. The van der Waals surface area contributed by atoms with Gasteiger partial charge in [0.15, 0.2) is 0 Å². The molecule has 1 saturated carbocycles. The summed E-state index contributed by atoms with van der Waals surface area (Å²) in [6.45, 7) is 0. The third-order valence-corrected chi connectivity index (χ3v) is 7.22. The van der Waals surface area contributed by atoms with E-state index in [4.69, 9.17) is 5.10 Å². The summed E-state index contributed by atoms with van der Waals surface area (Å²) in [5.41, 5.74) is 3.85. The monoisotopic (exact) mass is 560 g/mol. The number of benzene rings is 3. The number of hydrazone groups is 1. The van der Waals surface area contributed by atoms with Gasteiger partial charge in [0.1, 0.15) is 0 Å². The van der Waals surface area contributed by atoms with Gasteiger partial charge in [-0.25, -0.2) is 5.01 Å². The highest BCUT2D eigenvalue weighted by atomic mass is 79.9. The van der Waals surface area contributed by atoms with E-state index >= 15 is 0 Å². The molecule has 0 saturated heterocycles. The van der Waals surface area contributed by atoms with Crippen LogP contribution in [0.3, 0.4) is 0 Å². The van der Waals surface area contributed by atoms with Crippen molar-refractivity contribution in [1.29, 1.82) is 0 Å². The zero-order valence-electron chi connectivity index (χ0n) is 19.5. The van der Waals surface area contributed by atoms with Crippen LogP contribution in [-0.4, -0.2) is 26.5 Å². The average molecular weight is 561 g/mol. The maximum atomic E-state index is 13.6. The summed E-state index contributed by atoms with van der Waals surface area (Å²) in [6, 6.07) is 19.3. The highest BCUT2D eigenvalue weighted by molar-refractivity contribution is 9.10. The molecule has 3 aromatic rings. The number of halogens is 1. The van der Waals surface area contributed by atoms with Crippen molar-refractivity contribution < 1.29 is 14.6 Å².